The van der Waals surface area contributed by atoms with Gasteiger partial charge in [-0.1, -0.05) is 57.4 Å². The van der Waals surface area contributed by atoms with E-state index in [1.165, 1.54) is 5.57 Å². The first-order valence-corrected chi connectivity index (χ1v) is 6.10. The van der Waals surface area contributed by atoms with Crippen LogP contribution in [0.1, 0.15) is 13.8 Å². The van der Waals surface area contributed by atoms with Crippen LogP contribution < -0.4 is 0 Å². The Morgan fingerprint density at radius 1 is 1.21 bits per heavy atom. The van der Waals surface area contributed by atoms with Crippen LogP contribution in [0.5, 0.6) is 0 Å². The van der Waals surface area contributed by atoms with E-state index in [0.717, 1.165) is 0 Å². The summed E-state index contributed by atoms with van der Waals surface area (Å²) in [6, 6.07) is 0. The standard InChI is InChI=1S/C13H20S/c1-6-8-9-10-13(7-2)11(3)12(4)14-5/h6-12H,1-2H2,3-5H3/b9-8-,13-10+. The maximum atomic E-state index is 3.84. The van der Waals surface area contributed by atoms with Gasteiger partial charge in [-0.25, -0.2) is 0 Å². The first-order chi connectivity index (χ1) is 6.67. The van der Waals surface area contributed by atoms with Gasteiger partial charge in [-0.15, -0.1) is 0 Å². The molecule has 0 rings (SSSR count). The maximum absolute atomic E-state index is 3.84. The van der Waals surface area contributed by atoms with Gasteiger partial charge in [0.05, 0.1) is 0 Å². The van der Waals surface area contributed by atoms with Crippen LogP contribution in [0, 0.1) is 5.92 Å². The third kappa shape index (κ3) is 4.52. The zero-order chi connectivity index (χ0) is 11.0. The molecule has 0 nitrogen and oxygen atoms in total. The van der Waals surface area contributed by atoms with E-state index in [0.29, 0.717) is 11.2 Å². The van der Waals surface area contributed by atoms with Crippen molar-refractivity contribution in [3.63, 3.8) is 0 Å². The molecule has 14 heavy (non-hydrogen) atoms. The molecular weight excluding hydrogens is 188 g/mol. The molecule has 0 aromatic rings. The molecule has 0 N–H and O–H groups in total. The zero-order valence-corrected chi connectivity index (χ0v) is 10.2. The van der Waals surface area contributed by atoms with E-state index >= 15 is 0 Å². The van der Waals surface area contributed by atoms with E-state index in [2.05, 4.69) is 39.3 Å². The molecule has 0 bridgehead atoms. The van der Waals surface area contributed by atoms with Crippen molar-refractivity contribution >= 4 is 11.8 Å². The predicted molar refractivity (Wildman–Crippen MR) is 69.8 cm³/mol. The van der Waals surface area contributed by atoms with Crippen LogP contribution in [0.2, 0.25) is 0 Å². The van der Waals surface area contributed by atoms with E-state index < -0.39 is 0 Å². The van der Waals surface area contributed by atoms with Crippen LogP contribution >= 0.6 is 11.8 Å². The summed E-state index contributed by atoms with van der Waals surface area (Å²) in [6.45, 7) is 11.9. The van der Waals surface area contributed by atoms with Crippen LogP contribution in [0.15, 0.2) is 49.1 Å². The minimum Gasteiger partial charge on any atom is -0.162 e. The lowest BCUT2D eigenvalue weighted by molar-refractivity contribution is 0.689. The Kier molecular flexibility index (Phi) is 7.31. The molecule has 0 spiro atoms. The fraction of sp³-hybridized carbons (Fsp3) is 0.385. The number of rotatable bonds is 6. The van der Waals surface area contributed by atoms with Crippen molar-refractivity contribution < 1.29 is 0 Å². The molecule has 1 heteroatoms. The summed E-state index contributed by atoms with van der Waals surface area (Å²) < 4.78 is 0. The molecule has 0 aliphatic heterocycles. The highest BCUT2D eigenvalue weighted by atomic mass is 32.2. The van der Waals surface area contributed by atoms with Gasteiger partial charge in [0, 0.05) is 5.25 Å². The molecule has 0 aromatic carbocycles. The number of allylic oxidation sites excluding steroid dienone is 6. The van der Waals surface area contributed by atoms with E-state index in [4.69, 9.17) is 0 Å². The van der Waals surface area contributed by atoms with Crippen molar-refractivity contribution in [3.8, 4) is 0 Å². The van der Waals surface area contributed by atoms with Crippen molar-refractivity contribution in [1.29, 1.82) is 0 Å². The summed E-state index contributed by atoms with van der Waals surface area (Å²) in [5.74, 6) is 0.539. The Labute approximate surface area is 92.5 Å². The highest BCUT2D eigenvalue weighted by Crippen LogP contribution is 2.23. The molecule has 0 aliphatic rings. The summed E-state index contributed by atoms with van der Waals surface area (Å²) in [7, 11) is 0. The Hall–Kier alpha value is -0.690. The normalized spacial score (nSPS) is 16.6. The molecule has 0 saturated carbocycles. The molecule has 0 fully saturated rings. The average molecular weight is 208 g/mol. The fourth-order valence-electron chi connectivity index (χ4n) is 1.13. The number of thioether (sulfide) groups is 1. The Morgan fingerprint density at radius 2 is 1.86 bits per heavy atom. The molecule has 0 radical (unpaired) electrons. The highest BCUT2D eigenvalue weighted by molar-refractivity contribution is 7.99. The van der Waals surface area contributed by atoms with Crippen LogP contribution in [0.3, 0.4) is 0 Å². The van der Waals surface area contributed by atoms with Crippen LogP contribution in [-0.4, -0.2) is 11.5 Å². The fourth-order valence-corrected chi connectivity index (χ4v) is 1.69. The molecular formula is C13H20S. The lowest BCUT2D eigenvalue weighted by Crippen LogP contribution is -2.11. The summed E-state index contributed by atoms with van der Waals surface area (Å²) >= 11 is 1.88. The molecule has 0 amide bonds. The van der Waals surface area contributed by atoms with Crippen molar-refractivity contribution in [3.05, 3.63) is 49.1 Å². The Balaban J connectivity index is 4.53. The third-order valence-corrected chi connectivity index (χ3v) is 3.53. The molecule has 0 heterocycles. The minimum absolute atomic E-state index is 0.539. The van der Waals surface area contributed by atoms with Crippen molar-refractivity contribution in [2.24, 2.45) is 5.92 Å². The maximum Gasteiger partial charge on any atom is 0.00820 e. The highest BCUT2D eigenvalue weighted by Gasteiger charge is 2.12. The summed E-state index contributed by atoms with van der Waals surface area (Å²) in [5, 5.41) is 0.622. The van der Waals surface area contributed by atoms with Crippen molar-refractivity contribution in [2.45, 2.75) is 19.1 Å². The molecule has 78 valence electrons. The van der Waals surface area contributed by atoms with Gasteiger partial charge in [-0.3, -0.25) is 0 Å². The quantitative estimate of drug-likeness (QED) is 0.589. The van der Waals surface area contributed by atoms with Crippen LogP contribution in [0.25, 0.3) is 0 Å². The Morgan fingerprint density at radius 3 is 2.29 bits per heavy atom. The van der Waals surface area contributed by atoms with E-state index in [-0.39, 0.29) is 0 Å². The third-order valence-electron chi connectivity index (χ3n) is 2.37. The van der Waals surface area contributed by atoms with Crippen molar-refractivity contribution in [2.75, 3.05) is 6.26 Å². The molecule has 0 aromatic heterocycles. The first kappa shape index (κ1) is 13.3. The van der Waals surface area contributed by atoms with Gasteiger partial charge < -0.3 is 0 Å². The predicted octanol–water partition coefficient (Wildman–Crippen LogP) is 4.23. The van der Waals surface area contributed by atoms with E-state index in [1.807, 2.05) is 30.0 Å². The van der Waals surface area contributed by atoms with Gasteiger partial charge in [0.25, 0.3) is 0 Å². The van der Waals surface area contributed by atoms with Gasteiger partial charge in [0.2, 0.25) is 0 Å². The first-order valence-electron chi connectivity index (χ1n) is 4.81. The second-order valence-electron chi connectivity index (χ2n) is 3.22. The average Bonchev–Trinajstić information content (AvgIpc) is 2.22. The second kappa shape index (κ2) is 7.69. The van der Waals surface area contributed by atoms with Gasteiger partial charge in [-0.2, -0.15) is 11.8 Å². The molecule has 2 atom stereocenters. The van der Waals surface area contributed by atoms with E-state index in [1.54, 1.807) is 6.08 Å². The number of hydrogen-bond acceptors (Lipinski definition) is 1. The monoisotopic (exact) mass is 208 g/mol. The van der Waals surface area contributed by atoms with Gasteiger partial charge in [0.15, 0.2) is 0 Å². The molecule has 2 unspecified atom stereocenters. The SMILES string of the molecule is C=C/C=C\C=C(/C=C)C(C)C(C)SC. The van der Waals surface area contributed by atoms with Crippen LogP contribution in [0.4, 0.5) is 0 Å². The summed E-state index contributed by atoms with van der Waals surface area (Å²) in [4.78, 5) is 0. The van der Waals surface area contributed by atoms with Gasteiger partial charge in [-0.05, 0) is 17.7 Å². The largest absolute Gasteiger partial charge is 0.162 e. The summed E-state index contributed by atoms with van der Waals surface area (Å²) in [5.41, 5.74) is 1.28. The second-order valence-corrected chi connectivity index (χ2v) is 4.44. The molecule has 0 saturated heterocycles. The summed E-state index contributed by atoms with van der Waals surface area (Å²) in [6.07, 6.45) is 11.9. The van der Waals surface area contributed by atoms with E-state index in [9.17, 15) is 0 Å². The lowest BCUT2D eigenvalue weighted by Gasteiger charge is -2.18. The van der Waals surface area contributed by atoms with Gasteiger partial charge in [0.1, 0.15) is 0 Å². The smallest absolute Gasteiger partial charge is 0.00820 e. The van der Waals surface area contributed by atoms with Crippen LogP contribution in [-0.2, 0) is 0 Å². The number of hydrogen-bond donors (Lipinski definition) is 0. The van der Waals surface area contributed by atoms with Gasteiger partial charge >= 0.3 is 0 Å². The minimum atomic E-state index is 0.539. The molecule has 0 aliphatic carbocycles. The topological polar surface area (TPSA) is 0 Å². The lowest BCUT2D eigenvalue weighted by atomic mass is 9.97. The van der Waals surface area contributed by atoms with Crippen molar-refractivity contribution in [1.82, 2.24) is 0 Å². The Bertz CT molecular complexity index is 236. The zero-order valence-electron chi connectivity index (χ0n) is 9.36.